The lowest BCUT2D eigenvalue weighted by Crippen LogP contribution is -1.92. The molecule has 0 N–H and O–H groups in total. The van der Waals surface area contributed by atoms with Crippen LogP contribution in [0.25, 0.3) is 0 Å². The fraction of sp³-hybridized carbons (Fsp3) is 0.0769. The molecule has 2 aromatic carbocycles. The van der Waals surface area contributed by atoms with Crippen molar-refractivity contribution in [2.45, 2.75) is 0 Å². The van der Waals surface area contributed by atoms with Crippen LogP contribution in [0, 0.1) is 9.39 Å². The quantitative estimate of drug-likeness (QED) is 0.776. The second-order valence-electron chi connectivity index (χ2n) is 3.33. The van der Waals surface area contributed by atoms with Gasteiger partial charge in [0.25, 0.3) is 0 Å². The molecule has 0 heterocycles. The highest BCUT2D eigenvalue weighted by molar-refractivity contribution is 14.1. The van der Waals surface area contributed by atoms with E-state index in [2.05, 4.69) is 22.6 Å². The summed E-state index contributed by atoms with van der Waals surface area (Å²) in [6.45, 7) is 0. The average molecular weight is 344 g/mol. The van der Waals surface area contributed by atoms with Gasteiger partial charge in [-0.3, -0.25) is 0 Å². The molecule has 0 saturated heterocycles. The maximum atomic E-state index is 13.8. The first-order valence-electron chi connectivity index (χ1n) is 4.96. The standard InChI is InChI=1S/C13H10FIO2/c1-16-11-3-2-4-12(13(11)14)17-10-7-5-9(15)6-8-10/h2-8H,1H3. The predicted molar refractivity (Wildman–Crippen MR) is 72.2 cm³/mol. The molecule has 4 heteroatoms. The van der Waals surface area contributed by atoms with E-state index in [-0.39, 0.29) is 11.5 Å². The largest absolute Gasteiger partial charge is 0.494 e. The number of ether oxygens (including phenoxy) is 2. The highest BCUT2D eigenvalue weighted by Gasteiger charge is 2.09. The minimum absolute atomic E-state index is 0.158. The Morgan fingerprint density at radius 1 is 1.00 bits per heavy atom. The minimum Gasteiger partial charge on any atom is -0.494 e. The van der Waals surface area contributed by atoms with Crippen molar-refractivity contribution in [2.75, 3.05) is 7.11 Å². The SMILES string of the molecule is COc1cccc(Oc2ccc(I)cc2)c1F. The van der Waals surface area contributed by atoms with E-state index in [1.165, 1.54) is 7.11 Å². The number of hydrogen-bond acceptors (Lipinski definition) is 2. The van der Waals surface area contributed by atoms with Crippen LogP contribution in [-0.2, 0) is 0 Å². The fourth-order valence-corrected chi connectivity index (χ4v) is 1.72. The molecule has 0 unspecified atom stereocenters. The Balaban J connectivity index is 2.27. The monoisotopic (exact) mass is 344 g/mol. The summed E-state index contributed by atoms with van der Waals surface area (Å²) in [5, 5.41) is 0. The summed E-state index contributed by atoms with van der Waals surface area (Å²) < 4.78 is 25.2. The van der Waals surface area contributed by atoms with Crippen molar-refractivity contribution in [1.82, 2.24) is 0 Å². The molecule has 0 bridgehead atoms. The van der Waals surface area contributed by atoms with Crippen LogP contribution in [0.4, 0.5) is 4.39 Å². The second kappa shape index (κ2) is 5.35. The van der Waals surface area contributed by atoms with Crippen LogP contribution in [0.2, 0.25) is 0 Å². The molecule has 0 amide bonds. The molecule has 88 valence electrons. The van der Waals surface area contributed by atoms with Gasteiger partial charge in [0.2, 0.25) is 5.82 Å². The van der Waals surface area contributed by atoms with Crippen LogP contribution in [-0.4, -0.2) is 7.11 Å². The lowest BCUT2D eigenvalue weighted by atomic mass is 10.3. The molecule has 17 heavy (non-hydrogen) atoms. The molecule has 0 saturated carbocycles. The van der Waals surface area contributed by atoms with Gasteiger partial charge < -0.3 is 9.47 Å². The van der Waals surface area contributed by atoms with Crippen LogP contribution in [0.15, 0.2) is 42.5 Å². The molecule has 0 spiro atoms. The molecule has 0 aliphatic rings. The maximum Gasteiger partial charge on any atom is 0.207 e. The molecule has 0 aliphatic heterocycles. The highest BCUT2D eigenvalue weighted by Crippen LogP contribution is 2.30. The molecule has 2 rings (SSSR count). The van der Waals surface area contributed by atoms with Gasteiger partial charge in [0, 0.05) is 3.57 Å². The lowest BCUT2D eigenvalue weighted by molar-refractivity contribution is 0.368. The number of hydrogen-bond donors (Lipinski definition) is 0. The van der Waals surface area contributed by atoms with E-state index in [1.807, 2.05) is 12.1 Å². The molecular formula is C13H10FIO2. The number of methoxy groups -OCH3 is 1. The zero-order valence-electron chi connectivity index (χ0n) is 9.11. The van der Waals surface area contributed by atoms with Crippen molar-refractivity contribution >= 4 is 22.6 Å². The van der Waals surface area contributed by atoms with Crippen LogP contribution in [0.1, 0.15) is 0 Å². The van der Waals surface area contributed by atoms with E-state index in [0.29, 0.717) is 5.75 Å². The van der Waals surface area contributed by atoms with Gasteiger partial charge >= 0.3 is 0 Å². The second-order valence-corrected chi connectivity index (χ2v) is 4.57. The van der Waals surface area contributed by atoms with Gasteiger partial charge in [-0.05, 0) is 59.0 Å². The number of rotatable bonds is 3. The van der Waals surface area contributed by atoms with Crippen molar-refractivity contribution in [2.24, 2.45) is 0 Å². The van der Waals surface area contributed by atoms with Gasteiger partial charge in [-0.2, -0.15) is 4.39 Å². The van der Waals surface area contributed by atoms with E-state index in [0.717, 1.165) is 3.57 Å². The molecule has 0 fully saturated rings. The summed E-state index contributed by atoms with van der Waals surface area (Å²) in [5.74, 6) is 0.435. The molecule has 2 aromatic rings. The van der Waals surface area contributed by atoms with E-state index >= 15 is 0 Å². The third kappa shape index (κ3) is 2.88. The number of benzene rings is 2. The summed E-state index contributed by atoms with van der Waals surface area (Å²) in [4.78, 5) is 0. The maximum absolute atomic E-state index is 13.8. The Bertz CT molecular complexity index is 511. The average Bonchev–Trinajstić information content (AvgIpc) is 2.35. The van der Waals surface area contributed by atoms with Crippen molar-refractivity contribution < 1.29 is 13.9 Å². The van der Waals surface area contributed by atoms with Crippen molar-refractivity contribution in [3.8, 4) is 17.2 Å². The third-order valence-corrected chi connectivity index (χ3v) is 2.91. The third-order valence-electron chi connectivity index (χ3n) is 2.19. The van der Waals surface area contributed by atoms with Crippen LogP contribution < -0.4 is 9.47 Å². The van der Waals surface area contributed by atoms with Gasteiger partial charge in [-0.1, -0.05) is 6.07 Å². The minimum atomic E-state index is -0.492. The summed E-state index contributed by atoms with van der Waals surface area (Å²) in [5.41, 5.74) is 0. The van der Waals surface area contributed by atoms with E-state index in [4.69, 9.17) is 9.47 Å². The first kappa shape index (κ1) is 12.2. The van der Waals surface area contributed by atoms with Crippen LogP contribution >= 0.6 is 22.6 Å². The summed E-state index contributed by atoms with van der Waals surface area (Å²) >= 11 is 2.20. The summed E-state index contributed by atoms with van der Waals surface area (Å²) in [7, 11) is 1.42. The zero-order chi connectivity index (χ0) is 12.3. The Hall–Kier alpha value is -1.30. The smallest absolute Gasteiger partial charge is 0.207 e. The predicted octanol–water partition coefficient (Wildman–Crippen LogP) is 4.23. The van der Waals surface area contributed by atoms with Crippen molar-refractivity contribution in [1.29, 1.82) is 0 Å². The van der Waals surface area contributed by atoms with E-state index < -0.39 is 5.82 Å². The molecule has 0 aromatic heterocycles. The normalized spacial score (nSPS) is 10.1. The molecular weight excluding hydrogens is 334 g/mol. The van der Waals surface area contributed by atoms with Gasteiger partial charge in [0.1, 0.15) is 5.75 Å². The van der Waals surface area contributed by atoms with Crippen LogP contribution in [0.5, 0.6) is 17.2 Å². The molecule has 0 aliphatic carbocycles. The zero-order valence-corrected chi connectivity index (χ0v) is 11.3. The lowest BCUT2D eigenvalue weighted by Gasteiger charge is -2.09. The first-order valence-corrected chi connectivity index (χ1v) is 6.04. The highest BCUT2D eigenvalue weighted by atomic mass is 127. The summed E-state index contributed by atoms with van der Waals surface area (Å²) in [6.07, 6.45) is 0. The van der Waals surface area contributed by atoms with Gasteiger partial charge in [0.05, 0.1) is 7.11 Å². The Labute approximate surface area is 113 Å². The molecule has 0 radical (unpaired) electrons. The van der Waals surface area contributed by atoms with Gasteiger partial charge in [0.15, 0.2) is 11.5 Å². The fourth-order valence-electron chi connectivity index (χ4n) is 1.36. The molecule has 0 atom stereocenters. The Kier molecular flexibility index (Phi) is 3.83. The topological polar surface area (TPSA) is 18.5 Å². The Morgan fingerprint density at radius 3 is 2.29 bits per heavy atom. The van der Waals surface area contributed by atoms with E-state index in [9.17, 15) is 4.39 Å². The Morgan fingerprint density at radius 2 is 1.65 bits per heavy atom. The molecule has 2 nitrogen and oxygen atoms in total. The van der Waals surface area contributed by atoms with Crippen LogP contribution in [0.3, 0.4) is 0 Å². The van der Waals surface area contributed by atoms with E-state index in [1.54, 1.807) is 30.3 Å². The first-order chi connectivity index (χ1) is 8.20. The van der Waals surface area contributed by atoms with Gasteiger partial charge in [-0.15, -0.1) is 0 Å². The van der Waals surface area contributed by atoms with Crippen molar-refractivity contribution in [3.63, 3.8) is 0 Å². The van der Waals surface area contributed by atoms with Gasteiger partial charge in [-0.25, -0.2) is 0 Å². The summed E-state index contributed by atoms with van der Waals surface area (Å²) in [6, 6.07) is 12.2. The number of halogens is 2. The van der Waals surface area contributed by atoms with Crippen molar-refractivity contribution in [3.05, 3.63) is 51.9 Å².